The van der Waals surface area contributed by atoms with Gasteiger partial charge in [0.15, 0.2) is 0 Å². The Labute approximate surface area is 220 Å². The van der Waals surface area contributed by atoms with Crippen molar-refractivity contribution >= 4 is 22.5 Å². The molecule has 0 saturated heterocycles. The van der Waals surface area contributed by atoms with E-state index in [9.17, 15) is 18.0 Å². The molecule has 0 aliphatic carbocycles. The molecule has 0 aliphatic rings. The van der Waals surface area contributed by atoms with Gasteiger partial charge in [-0.1, -0.05) is 41.9 Å². The number of benzene rings is 3. The molecule has 194 valence electrons. The van der Waals surface area contributed by atoms with Crippen LogP contribution >= 0.6 is 11.6 Å². The Hall–Kier alpha value is -4.08. The predicted octanol–water partition coefficient (Wildman–Crippen LogP) is 5.74. The highest BCUT2D eigenvalue weighted by Crippen LogP contribution is 2.38. The van der Waals surface area contributed by atoms with E-state index in [0.29, 0.717) is 38.3 Å². The molecule has 0 amide bonds. The third-order valence-corrected chi connectivity index (χ3v) is 6.85. The van der Waals surface area contributed by atoms with Crippen LogP contribution in [0.25, 0.3) is 22.0 Å². The van der Waals surface area contributed by atoms with E-state index in [4.69, 9.17) is 17.3 Å². The number of ether oxygens (including phenoxy) is 1. The van der Waals surface area contributed by atoms with Crippen LogP contribution in [0.4, 0.5) is 13.2 Å². The number of halogens is 4. The lowest BCUT2D eigenvalue weighted by Crippen LogP contribution is -2.41. The first-order valence-electron chi connectivity index (χ1n) is 11.5. The second kappa shape index (κ2) is 9.34. The largest absolute Gasteiger partial charge is 0.573 e. The first-order valence-corrected chi connectivity index (χ1v) is 11.9. The zero-order valence-corrected chi connectivity index (χ0v) is 21.1. The van der Waals surface area contributed by atoms with Crippen molar-refractivity contribution in [1.29, 1.82) is 0 Å². The fraction of sp³-hybridized carbons (Fsp3) is 0.143. The lowest BCUT2D eigenvalue weighted by molar-refractivity contribution is -0.274. The first-order chi connectivity index (χ1) is 18.0. The van der Waals surface area contributed by atoms with Gasteiger partial charge in [-0.3, -0.25) is 4.79 Å². The molecule has 0 bridgehead atoms. The van der Waals surface area contributed by atoms with Crippen LogP contribution < -0.4 is 16.0 Å². The number of nitrogens with zero attached hydrogens (tertiary/aromatic N) is 3. The minimum absolute atomic E-state index is 0.314. The quantitative estimate of drug-likeness (QED) is 0.309. The van der Waals surface area contributed by atoms with E-state index in [-0.39, 0.29) is 11.3 Å². The lowest BCUT2D eigenvalue weighted by atomic mass is 9.80. The average molecular weight is 539 g/mol. The number of aromatic nitrogens is 3. The molecule has 1 atom stereocenters. The summed E-state index contributed by atoms with van der Waals surface area (Å²) >= 11 is 6.14. The summed E-state index contributed by atoms with van der Waals surface area (Å²) in [5.74, 6) is -0.385. The number of alkyl halides is 3. The maximum Gasteiger partial charge on any atom is 0.573 e. The Morgan fingerprint density at radius 1 is 0.947 bits per heavy atom. The monoisotopic (exact) mass is 538 g/mol. The number of hydrogen-bond acceptors (Lipinski definition) is 4. The highest BCUT2D eigenvalue weighted by atomic mass is 35.5. The van der Waals surface area contributed by atoms with Crippen molar-refractivity contribution < 1.29 is 17.9 Å². The number of fused-ring (bicyclic) bond motifs is 1. The number of aryl methyl sites for hydroxylation is 2. The van der Waals surface area contributed by atoms with E-state index in [1.807, 2.05) is 35.9 Å². The summed E-state index contributed by atoms with van der Waals surface area (Å²) in [6, 6.07) is 19.5. The van der Waals surface area contributed by atoms with Gasteiger partial charge in [0.05, 0.1) is 23.7 Å². The van der Waals surface area contributed by atoms with E-state index >= 15 is 0 Å². The zero-order valence-electron chi connectivity index (χ0n) is 20.3. The summed E-state index contributed by atoms with van der Waals surface area (Å²) < 4.78 is 46.0. The van der Waals surface area contributed by atoms with Gasteiger partial charge in [0.1, 0.15) is 11.3 Å². The molecular weight excluding hydrogens is 517 g/mol. The third kappa shape index (κ3) is 4.55. The molecule has 2 N–H and O–H groups in total. The predicted molar refractivity (Wildman–Crippen MR) is 140 cm³/mol. The summed E-state index contributed by atoms with van der Waals surface area (Å²) in [5, 5.41) is 1.18. The zero-order chi connectivity index (χ0) is 27.2. The minimum atomic E-state index is -4.85. The summed E-state index contributed by atoms with van der Waals surface area (Å²) in [4.78, 5) is 17.1. The van der Waals surface area contributed by atoms with Crippen LogP contribution in [0.5, 0.6) is 5.75 Å². The standard InChI is InChI=1S/C28H22ClF3N4O2/c1-35-16-34-15-25(35)27(33,18-6-9-20(29)10-7-18)19-8-11-24-23(13-19)22(14-26(37)36(24)2)17-4-3-5-21(12-17)38-28(30,31)32/h3-16H,33H2,1-2H3. The normalized spacial score (nSPS) is 13.4. The highest BCUT2D eigenvalue weighted by Gasteiger charge is 2.35. The summed E-state index contributed by atoms with van der Waals surface area (Å²) in [7, 11) is 3.47. The molecule has 0 radical (unpaired) electrons. The third-order valence-electron chi connectivity index (χ3n) is 6.60. The van der Waals surface area contributed by atoms with Gasteiger partial charge in [0, 0.05) is 30.6 Å². The number of pyridine rings is 1. The molecule has 3 aromatic carbocycles. The van der Waals surface area contributed by atoms with Gasteiger partial charge in [-0.05, 0) is 58.7 Å². The fourth-order valence-electron chi connectivity index (χ4n) is 4.72. The molecule has 38 heavy (non-hydrogen) atoms. The van der Waals surface area contributed by atoms with Crippen molar-refractivity contribution in [2.45, 2.75) is 11.9 Å². The van der Waals surface area contributed by atoms with E-state index in [2.05, 4.69) is 9.72 Å². The Bertz CT molecular complexity index is 1710. The van der Waals surface area contributed by atoms with Crippen LogP contribution in [0.2, 0.25) is 5.02 Å². The SMILES string of the molecule is Cn1cncc1C(N)(c1ccc(Cl)cc1)c1ccc2c(c1)c(-c1cccc(OC(F)(F)F)c1)cc(=O)n2C. The molecule has 1 unspecified atom stereocenters. The van der Waals surface area contributed by atoms with E-state index in [1.54, 1.807) is 43.8 Å². The van der Waals surface area contributed by atoms with Crippen molar-refractivity contribution in [3.63, 3.8) is 0 Å². The molecule has 10 heteroatoms. The number of imidazole rings is 1. The Morgan fingerprint density at radius 3 is 2.32 bits per heavy atom. The van der Waals surface area contributed by atoms with E-state index in [0.717, 1.165) is 5.56 Å². The van der Waals surface area contributed by atoms with Crippen molar-refractivity contribution in [1.82, 2.24) is 14.1 Å². The van der Waals surface area contributed by atoms with Gasteiger partial charge in [0.25, 0.3) is 5.56 Å². The molecule has 5 rings (SSSR count). The van der Waals surface area contributed by atoms with Crippen molar-refractivity contribution in [2.24, 2.45) is 19.8 Å². The van der Waals surface area contributed by atoms with Crippen molar-refractivity contribution in [3.05, 3.63) is 118 Å². The topological polar surface area (TPSA) is 75.1 Å². The Balaban J connectivity index is 1.78. The molecule has 0 fully saturated rings. The van der Waals surface area contributed by atoms with E-state index < -0.39 is 11.9 Å². The summed E-state index contributed by atoms with van der Waals surface area (Å²) in [5.41, 5.74) is 9.24. The van der Waals surface area contributed by atoms with Gasteiger partial charge < -0.3 is 19.6 Å². The van der Waals surface area contributed by atoms with Gasteiger partial charge in [-0.25, -0.2) is 4.98 Å². The fourth-order valence-corrected chi connectivity index (χ4v) is 4.84. The van der Waals surface area contributed by atoms with E-state index in [1.165, 1.54) is 28.8 Å². The van der Waals surface area contributed by atoms with Crippen LogP contribution in [-0.2, 0) is 19.6 Å². The molecule has 0 spiro atoms. The number of hydrogen-bond donors (Lipinski definition) is 1. The second-order valence-electron chi connectivity index (χ2n) is 8.97. The maximum atomic E-state index is 12.9. The molecular formula is C28H22ClF3N4O2. The molecule has 0 saturated carbocycles. The number of rotatable bonds is 5. The first kappa shape index (κ1) is 25.6. The smallest absolute Gasteiger partial charge is 0.406 e. The summed E-state index contributed by atoms with van der Waals surface area (Å²) in [6.45, 7) is 0. The molecule has 0 aliphatic heterocycles. The van der Waals surface area contributed by atoms with Gasteiger partial charge in [0.2, 0.25) is 0 Å². The van der Waals surface area contributed by atoms with Crippen LogP contribution in [0.1, 0.15) is 16.8 Å². The summed E-state index contributed by atoms with van der Waals surface area (Å²) in [6.07, 6.45) is -1.52. The Kier molecular flexibility index (Phi) is 6.28. The highest BCUT2D eigenvalue weighted by molar-refractivity contribution is 6.30. The van der Waals surface area contributed by atoms with Crippen LogP contribution in [-0.4, -0.2) is 20.5 Å². The van der Waals surface area contributed by atoms with Crippen LogP contribution in [0.15, 0.2) is 90.1 Å². The molecule has 6 nitrogen and oxygen atoms in total. The molecule has 2 aromatic heterocycles. The van der Waals surface area contributed by atoms with Crippen molar-refractivity contribution in [3.8, 4) is 16.9 Å². The van der Waals surface area contributed by atoms with Crippen LogP contribution in [0, 0.1) is 0 Å². The van der Waals surface area contributed by atoms with Crippen molar-refractivity contribution in [2.75, 3.05) is 0 Å². The molecule has 5 aromatic rings. The minimum Gasteiger partial charge on any atom is -0.406 e. The lowest BCUT2D eigenvalue weighted by Gasteiger charge is -2.31. The van der Waals surface area contributed by atoms with Gasteiger partial charge >= 0.3 is 6.36 Å². The average Bonchev–Trinajstić information content (AvgIpc) is 3.31. The van der Waals surface area contributed by atoms with Crippen LogP contribution in [0.3, 0.4) is 0 Å². The van der Waals surface area contributed by atoms with Gasteiger partial charge in [-0.15, -0.1) is 13.2 Å². The Morgan fingerprint density at radius 2 is 1.66 bits per heavy atom. The number of nitrogens with two attached hydrogens (primary N) is 1. The van der Waals surface area contributed by atoms with Gasteiger partial charge in [-0.2, -0.15) is 0 Å². The maximum absolute atomic E-state index is 12.9. The second-order valence-corrected chi connectivity index (χ2v) is 9.40. The molecule has 2 heterocycles.